The molecule has 99 heavy (non-hydrogen) atoms. The highest BCUT2D eigenvalue weighted by molar-refractivity contribution is 14.3. The molecule has 0 bridgehead atoms. The lowest BCUT2D eigenvalue weighted by Crippen LogP contribution is -2.64. The molecule has 33 heteroatoms. The van der Waals surface area contributed by atoms with E-state index < -0.39 is 0 Å². The molecule has 3 saturated heterocycles. The van der Waals surface area contributed by atoms with E-state index in [1.807, 2.05) is 119 Å². The molecule has 0 spiro atoms. The summed E-state index contributed by atoms with van der Waals surface area (Å²) in [5.74, 6) is 12.4. The number of hydrogen-bond donors (Lipinski definition) is 0. The van der Waals surface area contributed by atoms with Crippen molar-refractivity contribution in [2.45, 2.75) is 256 Å². The van der Waals surface area contributed by atoms with Gasteiger partial charge in [0.25, 0.3) is 0 Å². The van der Waals surface area contributed by atoms with Crippen molar-refractivity contribution in [2.24, 2.45) is 0 Å². The summed E-state index contributed by atoms with van der Waals surface area (Å²) in [7, 11) is 11.2. The first-order chi connectivity index (χ1) is 45.9. The summed E-state index contributed by atoms with van der Waals surface area (Å²) in [5, 5.41) is 6.34. The van der Waals surface area contributed by atoms with Crippen LogP contribution in [0.25, 0.3) is 0 Å². The molecule has 30 nitrogen and oxygen atoms in total. The van der Waals surface area contributed by atoms with Gasteiger partial charge in [-0.05, 0) is 205 Å². The van der Waals surface area contributed by atoms with Crippen LogP contribution in [0.15, 0.2) is 0 Å². The van der Waals surface area contributed by atoms with Crippen molar-refractivity contribution in [3.63, 3.8) is 0 Å². The molecule has 6 aromatic heterocycles. The Morgan fingerprint density at radius 2 is 0.424 bits per heavy atom. The third-order valence-corrected chi connectivity index (χ3v) is 17.6. The maximum Gasteiger partial charge on any atom is 0.230 e. The van der Waals surface area contributed by atoms with Crippen LogP contribution in [0.3, 0.4) is 0 Å². The molecule has 548 valence electrons. The molecule has 0 aliphatic carbocycles. The summed E-state index contributed by atoms with van der Waals surface area (Å²) >= 11 is 4.49. The summed E-state index contributed by atoms with van der Waals surface area (Å²) in [5.41, 5.74) is -1.03. The van der Waals surface area contributed by atoms with E-state index in [1.165, 1.54) is 3.87 Å². The topological polar surface area (TPSA) is 289 Å². The Hall–Kier alpha value is -5.49. The molecule has 9 heterocycles. The van der Waals surface area contributed by atoms with Crippen LogP contribution in [0.1, 0.15) is 192 Å². The molecular formula is C66H111I2N27O3P-. The zero-order valence-electron chi connectivity index (χ0n) is 64.6. The van der Waals surface area contributed by atoms with E-state index in [-0.39, 0.29) is 51.4 Å². The number of nitrogens with zero attached hydrogens (tertiary/aromatic N) is 27. The molecule has 0 aromatic carbocycles. The molecule has 0 unspecified atom stereocenters. The highest BCUT2D eigenvalue weighted by atomic mass is 127. The lowest BCUT2D eigenvalue weighted by molar-refractivity contribution is -0.266. The van der Waals surface area contributed by atoms with E-state index in [9.17, 15) is 0 Å². The SMILES string of the molecule is CON1C(C)(C)CC(N(CN(C)c2nc(C)nc(C)n2)c2nc(C)nc(C)n2)CC1(C)C.CON1C(C)(C)CC(N(CN(C)c2nc(C)nc(C)n2)c2nc(C)nc(C)n2)CC1(C)C.CON1C(C)(C)CC(N(CN(C)c2nc(C)nc(C)n2)c2nc(C)nc(C)n2)CC1(C)C.I[P-]I. The van der Waals surface area contributed by atoms with Gasteiger partial charge in [0.05, 0.1) is 41.3 Å². The molecular weight excluding hydrogens is 1500 g/mol. The first kappa shape index (κ1) is 82.5. The maximum atomic E-state index is 5.81. The molecule has 3 fully saturated rings. The van der Waals surface area contributed by atoms with Crippen molar-refractivity contribution < 1.29 is 14.5 Å². The van der Waals surface area contributed by atoms with Gasteiger partial charge in [0, 0.05) is 72.5 Å². The van der Waals surface area contributed by atoms with Gasteiger partial charge in [0.2, 0.25) is 35.7 Å². The van der Waals surface area contributed by atoms with Crippen molar-refractivity contribution in [3.05, 3.63) is 69.9 Å². The van der Waals surface area contributed by atoms with Gasteiger partial charge < -0.3 is 91.9 Å². The third kappa shape index (κ3) is 21.8. The molecule has 0 N–H and O–H groups in total. The summed E-state index contributed by atoms with van der Waals surface area (Å²) < 4.78 is 1.36. The van der Waals surface area contributed by atoms with E-state index in [0.29, 0.717) is 126 Å². The zero-order chi connectivity index (χ0) is 74.2. The van der Waals surface area contributed by atoms with E-state index in [2.05, 4.69) is 217 Å². The maximum absolute atomic E-state index is 5.81. The molecule has 0 amide bonds. The molecule has 0 saturated carbocycles. The van der Waals surface area contributed by atoms with Gasteiger partial charge in [0.15, 0.2) is 0 Å². The molecule has 0 radical (unpaired) electrons. The van der Waals surface area contributed by atoms with E-state index >= 15 is 0 Å². The average molecular weight is 1620 g/mol. The Labute approximate surface area is 616 Å². The Morgan fingerprint density at radius 3 is 0.556 bits per heavy atom. The van der Waals surface area contributed by atoms with Crippen LogP contribution in [0.2, 0.25) is 0 Å². The highest BCUT2D eigenvalue weighted by Crippen LogP contribution is 2.44. The minimum atomic E-state index is -0.171. The van der Waals surface area contributed by atoms with Crippen LogP contribution in [0.5, 0.6) is 0 Å². The number of hydrogen-bond acceptors (Lipinski definition) is 30. The lowest BCUT2D eigenvalue weighted by Gasteiger charge is -2.55. The predicted octanol–water partition coefficient (Wildman–Crippen LogP) is 11.0. The second-order valence-corrected chi connectivity index (χ2v) is 38.4. The number of anilines is 6. The molecule has 6 aromatic rings. The first-order valence-electron chi connectivity index (χ1n) is 33.4. The van der Waals surface area contributed by atoms with Gasteiger partial charge >= 0.3 is 0 Å². The van der Waals surface area contributed by atoms with E-state index in [0.717, 1.165) is 38.5 Å². The van der Waals surface area contributed by atoms with Crippen LogP contribution in [0.4, 0.5) is 35.7 Å². The van der Waals surface area contributed by atoms with E-state index in [4.69, 9.17) is 44.4 Å². The highest BCUT2D eigenvalue weighted by Gasteiger charge is 2.51. The van der Waals surface area contributed by atoms with Gasteiger partial charge in [-0.2, -0.15) is 75.0 Å². The minimum absolute atomic E-state index is 0.171. The normalized spacial score (nSPS) is 18.2. The van der Waals surface area contributed by atoms with Gasteiger partial charge in [-0.1, -0.05) is 0 Å². The first-order valence-corrected chi connectivity index (χ1v) is 39.9. The fraction of sp³-hybridized carbons (Fsp3) is 0.727. The Kier molecular flexibility index (Phi) is 28.1. The number of halogens is 2. The largest absolute Gasteiger partial charge is 0.389 e. The van der Waals surface area contributed by atoms with Gasteiger partial charge in [0.1, 0.15) is 69.9 Å². The quantitative estimate of drug-likeness (QED) is 0.0439. The van der Waals surface area contributed by atoms with Crippen molar-refractivity contribution in [1.82, 2.24) is 105 Å². The van der Waals surface area contributed by atoms with Crippen LogP contribution >= 0.6 is 47.9 Å². The summed E-state index contributed by atoms with van der Waals surface area (Å²) in [6.07, 6.45) is 5.32. The monoisotopic (exact) mass is 1610 g/mol. The standard InChI is InChI=1S/3C22H37N9O.I2P/c3*1-14-23-15(2)26-19(25-14)29(9)13-30(20-27-16(3)24-17(4)28-20)18-11-21(5,6)31(32-10)22(7,8)12-18;1-3-2/h3*18H,11-13H2,1-10H3;/q;;;-1. The summed E-state index contributed by atoms with van der Waals surface area (Å²) in [6.45, 7) is 50.9. The van der Waals surface area contributed by atoms with Gasteiger partial charge in [-0.3, -0.25) is 0 Å². The predicted molar refractivity (Wildman–Crippen MR) is 408 cm³/mol. The molecule has 9 rings (SSSR count). The van der Waals surface area contributed by atoms with Crippen molar-refractivity contribution in [1.29, 1.82) is 0 Å². The van der Waals surface area contributed by atoms with Crippen LogP contribution in [-0.2, 0) is 14.5 Å². The van der Waals surface area contributed by atoms with Gasteiger partial charge in [-0.25, -0.2) is 29.9 Å². The Morgan fingerprint density at radius 1 is 0.293 bits per heavy atom. The Balaban J connectivity index is 0.000000229. The fourth-order valence-corrected chi connectivity index (χ4v) is 15.2. The van der Waals surface area contributed by atoms with Crippen LogP contribution in [-0.4, -0.2) is 219 Å². The second kappa shape index (κ2) is 33.7. The minimum Gasteiger partial charge on any atom is -0.389 e. The van der Waals surface area contributed by atoms with Gasteiger partial charge in [-0.15, -0.1) is 0 Å². The number of rotatable bonds is 18. The van der Waals surface area contributed by atoms with Crippen molar-refractivity contribution >= 4 is 83.6 Å². The Bertz CT molecular complexity index is 3120. The third-order valence-electron chi connectivity index (χ3n) is 17.6. The molecule has 3 aliphatic heterocycles. The summed E-state index contributed by atoms with van der Waals surface area (Å²) in [4.78, 5) is 112. The van der Waals surface area contributed by atoms with Crippen molar-refractivity contribution in [3.8, 4) is 0 Å². The van der Waals surface area contributed by atoms with Crippen LogP contribution in [0, 0.1) is 83.1 Å². The van der Waals surface area contributed by atoms with Crippen LogP contribution < -0.4 is 29.4 Å². The molecule has 0 atom stereocenters. The average Bonchev–Trinajstić information content (AvgIpc) is 0.771. The van der Waals surface area contributed by atoms with Crippen molar-refractivity contribution in [2.75, 3.05) is 91.9 Å². The van der Waals surface area contributed by atoms with E-state index in [1.54, 1.807) is 21.3 Å². The smallest absolute Gasteiger partial charge is 0.230 e. The lowest BCUT2D eigenvalue weighted by atomic mass is 9.78. The zero-order valence-corrected chi connectivity index (χ0v) is 69.8. The molecule has 3 aliphatic rings. The number of hydroxylamine groups is 6. The second-order valence-electron chi connectivity index (χ2n) is 29.9. The fourth-order valence-electron chi connectivity index (χ4n) is 15.2. The number of piperidine rings is 3. The number of aromatic nitrogens is 18. The summed E-state index contributed by atoms with van der Waals surface area (Å²) in [6, 6.07) is 0.539. The number of aryl methyl sites for hydroxylation is 12.